The second-order valence-electron chi connectivity index (χ2n) is 4.82. The SMILES string of the molecule is O=C(O)c1ccc2c(cnn2CCc2ccc(F)cc2)c1. The zero-order valence-electron chi connectivity index (χ0n) is 11.2. The molecule has 106 valence electrons. The van der Waals surface area contributed by atoms with Crippen LogP contribution in [-0.4, -0.2) is 20.9 Å². The van der Waals surface area contributed by atoms with E-state index in [4.69, 9.17) is 5.11 Å². The van der Waals surface area contributed by atoms with Gasteiger partial charge in [-0.3, -0.25) is 4.68 Å². The fraction of sp³-hybridized carbons (Fsp3) is 0.125. The summed E-state index contributed by atoms with van der Waals surface area (Å²) in [4.78, 5) is 10.9. The minimum atomic E-state index is -0.948. The number of fused-ring (bicyclic) bond motifs is 1. The number of aromatic nitrogens is 2. The van der Waals surface area contributed by atoms with Gasteiger partial charge in [0, 0.05) is 11.9 Å². The van der Waals surface area contributed by atoms with E-state index in [1.54, 1.807) is 36.5 Å². The number of rotatable bonds is 4. The molecular weight excluding hydrogens is 271 g/mol. The van der Waals surface area contributed by atoms with Gasteiger partial charge in [0.25, 0.3) is 0 Å². The number of carboxylic acids is 1. The lowest BCUT2D eigenvalue weighted by Gasteiger charge is -2.04. The summed E-state index contributed by atoms with van der Waals surface area (Å²) in [6.07, 6.45) is 2.39. The van der Waals surface area contributed by atoms with Crippen molar-refractivity contribution < 1.29 is 14.3 Å². The summed E-state index contributed by atoms with van der Waals surface area (Å²) in [7, 11) is 0. The third kappa shape index (κ3) is 2.76. The van der Waals surface area contributed by atoms with Crippen LogP contribution in [0.4, 0.5) is 4.39 Å². The van der Waals surface area contributed by atoms with Crippen LogP contribution < -0.4 is 0 Å². The molecule has 3 rings (SSSR count). The molecule has 0 atom stereocenters. The number of nitrogens with zero attached hydrogens (tertiary/aromatic N) is 2. The van der Waals surface area contributed by atoms with Crippen LogP contribution in [0.15, 0.2) is 48.7 Å². The van der Waals surface area contributed by atoms with Crippen molar-refractivity contribution in [2.24, 2.45) is 0 Å². The highest BCUT2D eigenvalue weighted by Gasteiger charge is 2.07. The fourth-order valence-electron chi connectivity index (χ4n) is 2.28. The van der Waals surface area contributed by atoms with E-state index in [9.17, 15) is 9.18 Å². The molecule has 3 aromatic rings. The third-order valence-electron chi connectivity index (χ3n) is 3.41. The molecule has 0 fully saturated rings. The molecule has 21 heavy (non-hydrogen) atoms. The van der Waals surface area contributed by atoms with Crippen molar-refractivity contribution in [3.63, 3.8) is 0 Å². The normalized spacial score (nSPS) is 10.9. The van der Waals surface area contributed by atoms with Crippen LogP contribution in [0.1, 0.15) is 15.9 Å². The van der Waals surface area contributed by atoms with E-state index in [0.717, 1.165) is 22.9 Å². The minimum absolute atomic E-state index is 0.246. The number of carbonyl (C=O) groups is 1. The molecule has 0 unspecified atom stereocenters. The lowest BCUT2D eigenvalue weighted by molar-refractivity contribution is 0.0697. The Hall–Kier alpha value is -2.69. The van der Waals surface area contributed by atoms with Crippen LogP contribution in [0.5, 0.6) is 0 Å². The van der Waals surface area contributed by atoms with Gasteiger partial charge in [0.2, 0.25) is 0 Å². The van der Waals surface area contributed by atoms with Gasteiger partial charge in [0.1, 0.15) is 5.82 Å². The van der Waals surface area contributed by atoms with Crippen molar-refractivity contribution >= 4 is 16.9 Å². The van der Waals surface area contributed by atoms with E-state index in [0.29, 0.717) is 6.54 Å². The van der Waals surface area contributed by atoms with Gasteiger partial charge in [-0.15, -0.1) is 0 Å². The van der Waals surface area contributed by atoms with Gasteiger partial charge in [0.05, 0.1) is 17.3 Å². The molecule has 0 saturated carbocycles. The Labute approximate surface area is 120 Å². The summed E-state index contributed by atoms with van der Waals surface area (Å²) in [6, 6.07) is 11.3. The zero-order chi connectivity index (χ0) is 14.8. The molecule has 2 aromatic carbocycles. The first-order valence-corrected chi connectivity index (χ1v) is 6.57. The van der Waals surface area contributed by atoms with Gasteiger partial charge >= 0.3 is 5.97 Å². The quantitative estimate of drug-likeness (QED) is 0.801. The Balaban J connectivity index is 1.81. The highest BCUT2D eigenvalue weighted by molar-refractivity contribution is 5.93. The van der Waals surface area contributed by atoms with Crippen LogP contribution >= 0.6 is 0 Å². The molecule has 0 aliphatic heterocycles. The second-order valence-corrected chi connectivity index (χ2v) is 4.82. The van der Waals surface area contributed by atoms with E-state index in [1.807, 2.05) is 4.68 Å². The summed E-state index contributed by atoms with van der Waals surface area (Å²) in [5, 5.41) is 14.0. The maximum atomic E-state index is 12.8. The summed E-state index contributed by atoms with van der Waals surface area (Å²) in [5.74, 6) is -1.19. The third-order valence-corrected chi connectivity index (χ3v) is 3.41. The standard InChI is InChI=1S/C16H13FN2O2/c17-14-4-1-11(2-5-14)7-8-19-15-6-3-12(16(20)21)9-13(15)10-18-19/h1-6,9-10H,7-8H2,(H,20,21). The zero-order valence-corrected chi connectivity index (χ0v) is 11.2. The second kappa shape index (κ2) is 5.36. The average molecular weight is 284 g/mol. The maximum Gasteiger partial charge on any atom is 0.335 e. The first kappa shape index (κ1) is 13.3. The first-order valence-electron chi connectivity index (χ1n) is 6.57. The van der Waals surface area contributed by atoms with E-state index >= 15 is 0 Å². The molecule has 0 aliphatic carbocycles. The monoisotopic (exact) mass is 284 g/mol. The highest BCUT2D eigenvalue weighted by atomic mass is 19.1. The molecular formula is C16H13FN2O2. The highest BCUT2D eigenvalue weighted by Crippen LogP contribution is 2.16. The Morgan fingerprint density at radius 3 is 2.67 bits per heavy atom. The topological polar surface area (TPSA) is 55.1 Å². The number of benzene rings is 2. The van der Waals surface area contributed by atoms with Crippen molar-refractivity contribution in [3.8, 4) is 0 Å². The Bertz CT molecular complexity index is 794. The average Bonchev–Trinajstić information content (AvgIpc) is 2.89. The van der Waals surface area contributed by atoms with Crippen LogP contribution in [-0.2, 0) is 13.0 Å². The molecule has 4 nitrogen and oxygen atoms in total. The first-order chi connectivity index (χ1) is 10.1. The molecule has 0 bridgehead atoms. The minimum Gasteiger partial charge on any atom is -0.478 e. The summed E-state index contributed by atoms with van der Waals surface area (Å²) < 4.78 is 14.7. The van der Waals surface area contributed by atoms with E-state index in [2.05, 4.69) is 5.10 Å². The van der Waals surface area contributed by atoms with Crippen LogP contribution in [0, 0.1) is 5.82 Å². The fourth-order valence-corrected chi connectivity index (χ4v) is 2.28. The Morgan fingerprint density at radius 1 is 1.19 bits per heavy atom. The van der Waals surface area contributed by atoms with Gasteiger partial charge < -0.3 is 5.11 Å². The number of hydrogen-bond acceptors (Lipinski definition) is 2. The molecule has 5 heteroatoms. The van der Waals surface area contributed by atoms with E-state index in [1.165, 1.54) is 12.1 Å². The maximum absolute atomic E-state index is 12.8. The van der Waals surface area contributed by atoms with Gasteiger partial charge in [-0.25, -0.2) is 9.18 Å². The van der Waals surface area contributed by atoms with Crippen LogP contribution in [0.3, 0.4) is 0 Å². The van der Waals surface area contributed by atoms with Gasteiger partial charge in [-0.2, -0.15) is 5.10 Å². The van der Waals surface area contributed by atoms with Crippen molar-refractivity contribution in [2.75, 3.05) is 0 Å². The molecule has 0 amide bonds. The summed E-state index contributed by atoms with van der Waals surface area (Å²) in [6.45, 7) is 0.654. The van der Waals surface area contributed by atoms with E-state index < -0.39 is 5.97 Å². The van der Waals surface area contributed by atoms with Crippen molar-refractivity contribution in [2.45, 2.75) is 13.0 Å². The van der Waals surface area contributed by atoms with Gasteiger partial charge in [-0.05, 0) is 42.3 Å². The number of carboxylic acid groups (broad SMARTS) is 1. The van der Waals surface area contributed by atoms with Crippen LogP contribution in [0.25, 0.3) is 10.9 Å². The van der Waals surface area contributed by atoms with Gasteiger partial charge in [0.15, 0.2) is 0 Å². The summed E-state index contributed by atoms with van der Waals surface area (Å²) in [5.41, 5.74) is 2.17. The lowest BCUT2D eigenvalue weighted by atomic mass is 10.1. The van der Waals surface area contributed by atoms with Crippen molar-refractivity contribution in [1.29, 1.82) is 0 Å². The smallest absolute Gasteiger partial charge is 0.335 e. The van der Waals surface area contributed by atoms with Gasteiger partial charge in [-0.1, -0.05) is 12.1 Å². The molecule has 0 spiro atoms. The van der Waals surface area contributed by atoms with E-state index in [-0.39, 0.29) is 11.4 Å². The molecule has 0 aliphatic rings. The predicted octanol–water partition coefficient (Wildman–Crippen LogP) is 3.12. The van der Waals surface area contributed by atoms with Crippen molar-refractivity contribution in [1.82, 2.24) is 9.78 Å². The molecule has 1 heterocycles. The number of halogens is 1. The summed E-state index contributed by atoms with van der Waals surface area (Å²) >= 11 is 0. The molecule has 0 saturated heterocycles. The molecule has 1 aromatic heterocycles. The number of aromatic carboxylic acids is 1. The van der Waals surface area contributed by atoms with Crippen molar-refractivity contribution in [3.05, 3.63) is 65.6 Å². The van der Waals surface area contributed by atoms with Crippen LogP contribution in [0.2, 0.25) is 0 Å². The largest absolute Gasteiger partial charge is 0.478 e. The Morgan fingerprint density at radius 2 is 1.95 bits per heavy atom. The lowest BCUT2D eigenvalue weighted by Crippen LogP contribution is -2.03. The number of aryl methyl sites for hydroxylation is 2. The number of hydrogen-bond donors (Lipinski definition) is 1. The molecule has 1 N–H and O–H groups in total. The Kier molecular flexibility index (Phi) is 3.39. The molecule has 0 radical (unpaired) electrons. The predicted molar refractivity (Wildman–Crippen MR) is 76.8 cm³/mol.